The molecular formula is C11H19N5O. The molecule has 0 amide bonds. The Kier molecular flexibility index (Phi) is 2.85. The Balaban J connectivity index is 1.75. The average Bonchev–Trinajstić information content (AvgIpc) is 2.75. The summed E-state index contributed by atoms with van der Waals surface area (Å²) in [6.07, 6.45) is 2.52. The van der Waals surface area contributed by atoms with Gasteiger partial charge in [0, 0.05) is 38.6 Å². The van der Waals surface area contributed by atoms with Gasteiger partial charge in [-0.1, -0.05) is 0 Å². The molecule has 1 spiro atoms. The van der Waals surface area contributed by atoms with E-state index in [2.05, 4.69) is 27.6 Å². The van der Waals surface area contributed by atoms with Crippen molar-refractivity contribution in [3.8, 4) is 0 Å². The Morgan fingerprint density at radius 2 is 2.47 bits per heavy atom. The van der Waals surface area contributed by atoms with Crippen LogP contribution in [0.15, 0.2) is 6.33 Å². The van der Waals surface area contributed by atoms with Crippen LogP contribution in [0.25, 0.3) is 0 Å². The van der Waals surface area contributed by atoms with Crippen molar-refractivity contribution in [2.24, 2.45) is 0 Å². The van der Waals surface area contributed by atoms with E-state index in [1.165, 1.54) is 0 Å². The van der Waals surface area contributed by atoms with Crippen molar-refractivity contribution in [2.75, 3.05) is 26.2 Å². The van der Waals surface area contributed by atoms with Crippen LogP contribution >= 0.6 is 0 Å². The summed E-state index contributed by atoms with van der Waals surface area (Å²) in [4.78, 5) is 4.34. The lowest BCUT2D eigenvalue weighted by molar-refractivity contribution is -0.127. The van der Waals surface area contributed by atoms with Gasteiger partial charge in [0.1, 0.15) is 17.8 Å². The van der Waals surface area contributed by atoms with Crippen LogP contribution in [0, 0.1) is 0 Å². The maximum Gasteiger partial charge on any atom is 0.138 e. The Labute approximate surface area is 101 Å². The smallest absolute Gasteiger partial charge is 0.138 e. The molecule has 1 aromatic heterocycles. The highest BCUT2D eigenvalue weighted by atomic mass is 16.5. The molecular weight excluding hydrogens is 218 g/mol. The maximum absolute atomic E-state index is 5.95. The van der Waals surface area contributed by atoms with Crippen molar-refractivity contribution in [1.82, 2.24) is 25.4 Å². The fourth-order valence-corrected chi connectivity index (χ4v) is 2.64. The molecule has 3 heterocycles. The first-order valence-corrected chi connectivity index (χ1v) is 6.29. The number of hydrogen-bond donors (Lipinski definition) is 2. The lowest BCUT2D eigenvalue weighted by Crippen LogP contribution is -2.73. The third-order valence-electron chi connectivity index (χ3n) is 3.75. The van der Waals surface area contributed by atoms with Gasteiger partial charge in [0.2, 0.25) is 0 Å². The third-order valence-corrected chi connectivity index (χ3v) is 3.75. The molecule has 3 rings (SSSR count). The molecule has 2 aliphatic heterocycles. The van der Waals surface area contributed by atoms with Gasteiger partial charge in [-0.15, -0.1) is 0 Å². The minimum absolute atomic E-state index is 0.0250. The van der Waals surface area contributed by atoms with Gasteiger partial charge in [-0.3, -0.25) is 4.68 Å². The predicted molar refractivity (Wildman–Crippen MR) is 62.7 cm³/mol. The molecule has 6 heteroatoms. The van der Waals surface area contributed by atoms with Crippen molar-refractivity contribution in [2.45, 2.75) is 31.5 Å². The van der Waals surface area contributed by atoms with E-state index in [1.54, 1.807) is 6.33 Å². The molecule has 0 saturated carbocycles. The van der Waals surface area contributed by atoms with Gasteiger partial charge in [-0.2, -0.15) is 5.10 Å². The first-order chi connectivity index (χ1) is 8.34. The third kappa shape index (κ3) is 1.86. The number of morpholine rings is 1. The molecule has 0 bridgehead atoms. The molecule has 2 aliphatic rings. The normalized spacial score (nSPS) is 27.0. The van der Waals surface area contributed by atoms with Gasteiger partial charge in [-0.05, 0) is 6.92 Å². The van der Waals surface area contributed by atoms with Gasteiger partial charge >= 0.3 is 0 Å². The number of hydrogen-bond acceptors (Lipinski definition) is 5. The molecule has 2 saturated heterocycles. The number of ether oxygens (including phenoxy) is 1. The number of aryl methyl sites for hydroxylation is 1. The van der Waals surface area contributed by atoms with Crippen LogP contribution in [0.3, 0.4) is 0 Å². The largest absolute Gasteiger partial charge is 0.369 e. The zero-order valence-electron chi connectivity index (χ0n) is 10.1. The van der Waals surface area contributed by atoms with E-state index < -0.39 is 0 Å². The Morgan fingerprint density at radius 3 is 3.18 bits per heavy atom. The van der Waals surface area contributed by atoms with Crippen LogP contribution in [0.1, 0.15) is 12.7 Å². The van der Waals surface area contributed by atoms with E-state index in [0.717, 1.165) is 45.0 Å². The quantitative estimate of drug-likeness (QED) is 0.718. The maximum atomic E-state index is 5.95. The summed E-state index contributed by atoms with van der Waals surface area (Å²) in [5, 5.41) is 11.1. The first kappa shape index (κ1) is 11.1. The van der Waals surface area contributed by atoms with E-state index in [-0.39, 0.29) is 5.60 Å². The lowest BCUT2D eigenvalue weighted by Gasteiger charge is -2.50. The van der Waals surface area contributed by atoms with Gasteiger partial charge in [0.15, 0.2) is 0 Å². The molecule has 2 N–H and O–H groups in total. The summed E-state index contributed by atoms with van der Waals surface area (Å²) < 4.78 is 7.91. The van der Waals surface area contributed by atoms with E-state index in [4.69, 9.17) is 4.74 Å². The zero-order chi connectivity index (χ0) is 11.7. The standard InChI is InChI=1S/C11H19N5O/c1-2-16-10(14-8-15-16)5-9-11(6-12-7-11)17-4-3-13-9/h8-9,12-13H,2-7H2,1H3. The summed E-state index contributed by atoms with van der Waals surface area (Å²) >= 11 is 0. The molecule has 94 valence electrons. The van der Waals surface area contributed by atoms with Crippen molar-refractivity contribution in [3.63, 3.8) is 0 Å². The van der Waals surface area contributed by atoms with Crippen LogP contribution in [-0.4, -0.2) is 52.6 Å². The minimum atomic E-state index is -0.0250. The second-order valence-corrected chi connectivity index (χ2v) is 4.72. The average molecular weight is 237 g/mol. The van der Waals surface area contributed by atoms with Crippen molar-refractivity contribution in [1.29, 1.82) is 0 Å². The minimum Gasteiger partial charge on any atom is -0.369 e. The highest BCUT2D eigenvalue weighted by molar-refractivity contribution is 5.08. The summed E-state index contributed by atoms with van der Waals surface area (Å²) in [7, 11) is 0. The van der Waals surface area contributed by atoms with Crippen LogP contribution < -0.4 is 10.6 Å². The van der Waals surface area contributed by atoms with Crippen molar-refractivity contribution < 1.29 is 4.74 Å². The highest BCUT2D eigenvalue weighted by Gasteiger charge is 2.47. The van der Waals surface area contributed by atoms with Crippen LogP contribution in [0.4, 0.5) is 0 Å². The van der Waals surface area contributed by atoms with E-state index in [9.17, 15) is 0 Å². The molecule has 17 heavy (non-hydrogen) atoms. The molecule has 2 fully saturated rings. The Bertz CT molecular complexity index is 387. The molecule has 0 aromatic carbocycles. The van der Waals surface area contributed by atoms with E-state index in [0.29, 0.717) is 6.04 Å². The van der Waals surface area contributed by atoms with Crippen LogP contribution in [0.5, 0.6) is 0 Å². The zero-order valence-corrected chi connectivity index (χ0v) is 10.1. The van der Waals surface area contributed by atoms with E-state index in [1.807, 2.05) is 4.68 Å². The number of aromatic nitrogens is 3. The molecule has 1 unspecified atom stereocenters. The molecule has 1 atom stereocenters. The fourth-order valence-electron chi connectivity index (χ4n) is 2.64. The topological polar surface area (TPSA) is 64.0 Å². The van der Waals surface area contributed by atoms with Gasteiger partial charge in [-0.25, -0.2) is 4.98 Å². The summed E-state index contributed by atoms with van der Waals surface area (Å²) in [6.45, 7) is 6.55. The van der Waals surface area contributed by atoms with Crippen LogP contribution in [0.2, 0.25) is 0 Å². The molecule has 0 radical (unpaired) electrons. The second kappa shape index (κ2) is 4.36. The fraction of sp³-hybridized carbons (Fsp3) is 0.818. The number of nitrogens with one attached hydrogen (secondary N) is 2. The van der Waals surface area contributed by atoms with Gasteiger partial charge in [0.05, 0.1) is 6.61 Å². The van der Waals surface area contributed by atoms with Crippen LogP contribution in [-0.2, 0) is 17.7 Å². The summed E-state index contributed by atoms with van der Waals surface area (Å²) in [6, 6.07) is 0.340. The van der Waals surface area contributed by atoms with Gasteiger partial charge < -0.3 is 15.4 Å². The first-order valence-electron chi connectivity index (χ1n) is 6.29. The summed E-state index contributed by atoms with van der Waals surface area (Å²) in [5.41, 5.74) is -0.0250. The number of rotatable bonds is 3. The molecule has 6 nitrogen and oxygen atoms in total. The SMILES string of the molecule is CCn1ncnc1CC1NCCOC12CNC2. The monoisotopic (exact) mass is 237 g/mol. The van der Waals surface area contributed by atoms with E-state index >= 15 is 0 Å². The van der Waals surface area contributed by atoms with Crippen molar-refractivity contribution >= 4 is 0 Å². The molecule has 1 aromatic rings. The Hall–Kier alpha value is -0.980. The Morgan fingerprint density at radius 1 is 1.59 bits per heavy atom. The lowest BCUT2D eigenvalue weighted by atomic mass is 9.84. The highest BCUT2D eigenvalue weighted by Crippen LogP contribution is 2.26. The predicted octanol–water partition coefficient (Wildman–Crippen LogP) is -0.829. The van der Waals surface area contributed by atoms with Gasteiger partial charge in [0.25, 0.3) is 0 Å². The second-order valence-electron chi connectivity index (χ2n) is 4.72. The van der Waals surface area contributed by atoms with Crippen molar-refractivity contribution in [3.05, 3.63) is 12.2 Å². The summed E-state index contributed by atoms with van der Waals surface area (Å²) in [5.74, 6) is 1.04. The number of nitrogens with zero attached hydrogens (tertiary/aromatic N) is 3. The molecule has 0 aliphatic carbocycles.